The molecule has 1 aliphatic rings. The second kappa shape index (κ2) is 8.73. The van der Waals surface area contributed by atoms with Gasteiger partial charge in [-0.05, 0) is 47.7 Å². The quantitative estimate of drug-likeness (QED) is 0.488. The van der Waals surface area contributed by atoms with Gasteiger partial charge in [-0.3, -0.25) is 14.8 Å². The first-order valence-corrected chi connectivity index (χ1v) is 9.12. The van der Waals surface area contributed by atoms with E-state index in [4.69, 9.17) is 23.2 Å². The molecule has 1 aliphatic heterocycles. The Morgan fingerprint density at radius 1 is 1.00 bits per heavy atom. The van der Waals surface area contributed by atoms with Crippen molar-refractivity contribution >= 4 is 98.4 Å². The monoisotopic (exact) mass is 424 g/mol. The van der Waals surface area contributed by atoms with Gasteiger partial charge in [-0.2, -0.15) is 4.99 Å². The van der Waals surface area contributed by atoms with E-state index in [0.717, 1.165) is 16.6 Å². The fraction of sp³-hybridized carbons (Fsp3) is 0. The van der Waals surface area contributed by atoms with E-state index in [9.17, 15) is 4.79 Å². The molecule has 0 saturated heterocycles. The van der Waals surface area contributed by atoms with Crippen LogP contribution in [0.3, 0.4) is 0 Å². The zero-order valence-corrected chi connectivity index (χ0v) is 15.4. The average Bonchev–Trinajstić information content (AvgIpc) is 2.97. The molecule has 0 fully saturated rings. The molecule has 0 bridgehead atoms. The second-order valence-electron chi connectivity index (χ2n) is 5.36. The number of aromatic nitrogens is 2. The number of carbonyl (C=O) groups excluding carboxylic acids is 1. The van der Waals surface area contributed by atoms with Crippen LogP contribution in [0.1, 0.15) is 5.56 Å². The fourth-order valence-electron chi connectivity index (χ4n) is 2.41. The van der Waals surface area contributed by atoms with Crippen molar-refractivity contribution in [3.8, 4) is 0 Å². The number of aliphatic imine (C=N–C) groups is 1. The van der Waals surface area contributed by atoms with Crippen molar-refractivity contribution < 1.29 is 4.79 Å². The van der Waals surface area contributed by atoms with Gasteiger partial charge in [0.1, 0.15) is 0 Å². The van der Waals surface area contributed by atoms with Crippen LogP contribution in [0.15, 0.2) is 58.7 Å². The molecule has 1 aromatic heterocycles. The molecule has 4 rings (SSSR count). The molecule has 27 heavy (non-hydrogen) atoms. The van der Waals surface area contributed by atoms with Gasteiger partial charge in [-0.25, -0.2) is 0 Å². The Hall–Kier alpha value is -1.41. The molecule has 0 aliphatic carbocycles. The molecule has 1 N–H and O–H groups in total. The van der Waals surface area contributed by atoms with E-state index in [1.54, 1.807) is 36.7 Å². The number of thioether (sulfide) groups is 1. The van der Waals surface area contributed by atoms with Crippen molar-refractivity contribution in [2.45, 2.75) is 0 Å². The number of amides is 1. The summed E-state index contributed by atoms with van der Waals surface area (Å²) in [7, 11) is 0. The van der Waals surface area contributed by atoms with Gasteiger partial charge in [0.25, 0.3) is 5.91 Å². The zero-order valence-electron chi connectivity index (χ0n) is 13.1. The molecular formula is C18H11Cl2N4NaOS. The number of rotatable bonds is 2. The van der Waals surface area contributed by atoms with Crippen molar-refractivity contribution in [1.82, 2.24) is 9.97 Å². The Bertz CT molecular complexity index is 1080. The molecule has 0 radical (unpaired) electrons. The summed E-state index contributed by atoms with van der Waals surface area (Å²) in [5, 5.41) is 4.36. The van der Waals surface area contributed by atoms with E-state index in [-0.39, 0.29) is 35.5 Å². The Labute approximate surface area is 191 Å². The van der Waals surface area contributed by atoms with Crippen molar-refractivity contribution in [2.75, 3.05) is 5.32 Å². The summed E-state index contributed by atoms with van der Waals surface area (Å²) in [6.07, 6.45) is 5.04. The summed E-state index contributed by atoms with van der Waals surface area (Å²) in [5.74, 6) is -0.320. The maximum absolute atomic E-state index is 12.2. The van der Waals surface area contributed by atoms with Crippen LogP contribution in [0.25, 0.3) is 17.1 Å². The SMILES string of the molecule is O=C1N=C(Nc2c(Cl)cccc2Cl)S/C1=C\c1ccc2nccnc2c1.[NaH]. The molecule has 0 atom stereocenters. The van der Waals surface area contributed by atoms with Gasteiger partial charge in [0.05, 0.1) is 31.7 Å². The van der Waals surface area contributed by atoms with Gasteiger partial charge in [-0.15, -0.1) is 0 Å². The van der Waals surface area contributed by atoms with E-state index in [1.807, 2.05) is 18.2 Å². The molecule has 2 aromatic carbocycles. The number of nitrogens with zero attached hydrogens (tertiary/aromatic N) is 3. The Morgan fingerprint density at radius 3 is 2.44 bits per heavy atom. The van der Waals surface area contributed by atoms with Crippen LogP contribution in [-0.4, -0.2) is 50.6 Å². The first kappa shape index (κ1) is 20.3. The average molecular weight is 425 g/mol. The predicted octanol–water partition coefficient (Wildman–Crippen LogP) is 4.37. The number of anilines is 1. The zero-order chi connectivity index (χ0) is 18.1. The minimum absolute atomic E-state index is 0. The fourth-order valence-corrected chi connectivity index (χ4v) is 3.72. The van der Waals surface area contributed by atoms with Gasteiger partial charge < -0.3 is 5.32 Å². The number of benzene rings is 2. The third-order valence-electron chi connectivity index (χ3n) is 3.61. The third-order valence-corrected chi connectivity index (χ3v) is 5.14. The van der Waals surface area contributed by atoms with Crippen LogP contribution in [-0.2, 0) is 4.79 Å². The molecule has 5 nitrogen and oxygen atoms in total. The number of halogens is 2. The van der Waals surface area contributed by atoms with Gasteiger partial charge >= 0.3 is 29.6 Å². The van der Waals surface area contributed by atoms with Crippen molar-refractivity contribution in [1.29, 1.82) is 0 Å². The summed E-state index contributed by atoms with van der Waals surface area (Å²) in [4.78, 5) is 25.2. The molecule has 3 aromatic rings. The Kier molecular flexibility index (Phi) is 6.57. The van der Waals surface area contributed by atoms with Gasteiger partial charge in [0, 0.05) is 12.4 Å². The minimum atomic E-state index is -0.320. The topological polar surface area (TPSA) is 67.2 Å². The van der Waals surface area contributed by atoms with Crippen LogP contribution in [0.2, 0.25) is 10.0 Å². The molecule has 0 unspecified atom stereocenters. The molecule has 2 heterocycles. The van der Waals surface area contributed by atoms with E-state index in [2.05, 4.69) is 20.3 Å². The van der Waals surface area contributed by atoms with Gasteiger partial charge in [0.15, 0.2) is 5.17 Å². The summed E-state index contributed by atoms with van der Waals surface area (Å²) >= 11 is 13.5. The van der Waals surface area contributed by atoms with Crippen LogP contribution >= 0.6 is 35.0 Å². The molecule has 0 saturated carbocycles. The molecule has 0 spiro atoms. The van der Waals surface area contributed by atoms with Crippen molar-refractivity contribution in [3.05, 3.63) is 69.3 Å². The second-order valence-corrected chi connectivity index (χ2v) is 7.20. The summed E-state index contributed by atoms with van der Waals surface area (Å²) in [6.45, 7) is 0. The molecule has 1 amide bonds. The number of amidine groups is 1. The summed E-state index contributed by atoms with van der Waals surface area (Å²) in [6, 6.07) is 10.8. The Balaban J connectivity index is 0.00000210. The first-order valence-electron chi connectivity index (χ1n) is 7.54. The molecule has 9 heteroatoms. The van der Waals surface area contributed by atoms with E-state index in [1.165, 1.54) is 11.8 Å². The van der Waals surface area contributed by atoms with E-state index >= 15 is 0 Å². The van der Waals surface area contributed by atoms with Crippen LogP contribution < -0.4 is 5.32 Å². The van der Waals surface area contributed by atoms with Crippen molar-refractivity contribution in [3.63, 3.8) is 0 Å². The summed E-state index contributed by atoms with van der Waals surface area (Å²) in [5.41, 5.74) is 2.93. The normalized spacial score (nSPS) is 15.0. The van der Waals surface area contributed by atoms with E-state index < -0.39 is 0 Å². The third kappa shape index (κ3) is 4.54. The maximum atomic E-state index is 12.2. The summed E-state index contributed by atoms with van der Waals surface area (Å²) < 4.78 is 0. The van der Waals surface area contributed by atoms with Crippen LogP contribution in [0, 0.1) is 0 Å². The Morgan fingerprint density at radius 2 is 1.70 bits per heavy atom. The first-order chi connectivity index (χ1) is 12.6. The number of hydrogen-bond acceptors (Lipinski definition) is 5. The number of fused-ring (bicyclic) bond motifs is 1. The molecule has 130 valence electrons. The van der Waals surface area contributed by atoms with Crippen molar-refractivity contribution in [2.24, 2.45) is 4.99 Å². The number of nitrogens with one attached hydrogen (secondary N) is 1. The van der Waals surface area contributed by atoms with E-state index in [0.29, 0.717) is 25.8 Å². The standard InChI is InChI=1S/C18H10Cl2N4OS.Na.H/c19-11-2-1-3-12(20)16(11)23-18-24-17(25)15(26-18)9-10-4-5-13-14(8-10)22-7-6-21-13;;/h1-9H,(H,23,24,25);;/b15-9-;;. The van der Waals surface area contributed by atoms with Gasteiger partial charge in [0.2, 0.25) is 0 Å². The number of carbonyl (C=O) groups is 1. The van der Waals surface area contributed by atoms with Crippen LogP contribution in [0.4, 0.5) is 5.69 Å². The molecular weight excluding hydrogens is 414 g/mol. The number of para-hydroxylation sites is 1. The predicted molar refractivity (Wildman–Crippen MR) is 115 cm³/mol. The number of hydrogen-bond donors (Lipinski definition) is 1. The van der Waals surface area contributed by atoms with Crippen LogP contribution in [0.5, 0.6) is 0 Å². The van der Waals surface area contributed by atoms with Gasteiger partial charge in [-0.1, -0.05) is 35.3 Å².